The van der Waals surface area contributed by atoms with Crippen molar-refractivity contribution in [3.8, 4) is 11.8 Å². The fourth-order valence-electron chi connectivity index (χ4n) is 3.64. The molecule has 2 aromatic carbocycles. The van der Waals surface area contributed by atoms with E-state index in [-0.39, 0.29) is 5.97 Å². The Bertz CT molecular complexity index is 839. The molecule has 0 amide bonds. The highest BCUT2D eigenvalue weighted by Crippen LogP contribution is 2.36. The molecule has 2 aromatic rings. The molecule has 0 aliphatic heterocycles. The summed E-state index contributed by atoms with van der Waals surface area (Å²) >= 11 is 0. The summed E-state index contributed by atoms with van der Waals surface area (Å²) in [7, 11) is 1.71. The molecule has 3 rings (SSSR count). The summed E-state index contributed by atoms with van der Waals surface area (Å²) in [6, 6.07) is 16.3. The van der Waals surface area contributed by atoms with Crippen molar-refractivity contribution in [2.24, 2.45) is 5.92 Å². The van der Waals surface area contributed by atoms with Crippen LogP contribution in [0.2, 0.25) is 0 Å². The van der Waals surface area contributed by atoms with E-state index in [9.17, 15) is 4.79 Å². The number of methoxy groups -OCH3 is 1. The van der Waals surface area contributed by atoms with Gasteiger partial charge in [-0.1, -0.05) is 24.3 Å². The zero-order chi connectivity index (χ0) is 19.8. The lowest BCUT2D eigenvalue weighted by Crippen LogP contribution is -2.12. The Morgan fingerprint density at radius 2 is 1.75 bits per heavy atom. The Kier molecular flexibility index (Phi) is 7.00. The highest BCUT2D eigenvalue weighted by Gasteiger charge is 2.21. The van der Waals surface area contributed by atoms with E-state index in [1.807, 2.05) is 30.3 Å². The minimum atomic E-state index is -0.386. The second kappa shape index (κ2) is 9.87. The van der Waals surface area contributed by atoms with Crippen LogP contribution in [0.5, 0.6) is 5.75 Å². The monoisotopic (exact) mass is 375 g/mol. The summed E-state index contributed by atoms with van der Waals surface area (Å²) in [6.45, 7) is 0.681. The molecule has 0 N–H and O–H groups in total. The SMILES string of the molecule is COCC=C[C@H]1CC[C@H](c2ccc(C(=O)Oc3ccc(C#N)cc3)cc2)CC1. The largest absolute Gasteiger partial charge is 0.423 e. The molecule has 0 radical (unpaired) electrons. The van der Waals surface area contributed by atoms with Crippen LogP contribution in [0.25, 0.3) is 0 Å². The number of nitrogens with zero attached hydrogens (tertiary/aromatic N) is 1. The van der Waals surface area contributed by atoms with E-state index >= 15 is 0 Å². The Labute approximate surface area is 166 Å². The van der Waals surface area contributed by atoms with Crippen LogP contribution in [0.15, 0.2) is 60.7 Å². The third kappa shape index (κ3) is 5.31. The minimum absolute atomic E-state index is 0.386. The Hall–Kier alpha value is -2.90. The molecule has 4 heteroatoms. The maximum atomic E-state index is 12.3. The van der Waals surface area contributed by atoms with E-state index in [0.717, 1.165) is 12.8 Å². The summed E-state index contributed by atoms with van der Waals surface area (Å²) in [5, 5.41) is 8.82. The molecular weight excluding hydrogens is 350 g/mol. The average molecular weight is 375 g/mol. The topological polar surface area (TPSA) is 59.3 Å². The van der Waals surface area contributed by atoms with Crippen molar-refractivity contribution >= 4 is 5.97 Å². The van der Waals surface area contributed by atoms with Gasteiger partial charge >= 0.3 is 5.97 Å². The van der Waals surface area contributed by atoms with Crippen LogP contribution in [0.4, 0.5) is 0 Å². The molecule has 0 bridgehead atoms. The molecule has 0 aromatic heterocycles. The van der Waals surface area contributed by atoms with Crippen LogP contribution in [0, 0.1) is 17.2 Å². The van der Waals surface area contributed by atoms with Crippen molar-refractivity contribution in [2.75, 3.05) is 13.7 Å². The number of rotatable bonds is 6. The van der Waals surface area contributed by atoms with Gasteiger partial charge in [0, 0.05) is 7.11 Å². The van der Waals surface area contributed by atoms with E-state index in [1.54, 1.807) is 31.4 Å². The van der Waals surface area contributed by atoms with Crippen LogP contribution in [0.1, 0.15) is 53.1 Å². The van der Waals surface area contributed by atoms with Gasteiger partial charge in [-0.05, 0) is 79.5 Å². The summed E-state index contributed by atoms with van der Waals surface area (Å²) < 4.78 is 10.4. The Balaban J connectivity index is 1.54. The normalized spacial score (nSPS) is 19.3. The van der Waals surface area contributed by atoms with Gasteiger partial charge in [0.15, 0.2) is 0 Å². The van der Waals surface area contributed by atoms with Gasteiger partial charge in [0.25, 0.3) is 0 Å². The van der Waals surface area contributed by atoms with Gasteiger partial charge in [-0.3, -0.25) is 0 Å². The molecule has 28 heavy (non-hydrogen) atoms. The number of esters is 1. The predicted octanol–water partition coefficient (Wildman–Crippen LogP) is 5.25. The lowest BCUT2D eigenvalue weighted by Gasteiger charge is -2.27. The van der Waals surface area contributed by atoms with Crippen molar-refractivity contribution < 1.29 is 14.3 Å². The number of ether oxygens (including phenoxy) is 2. The van der Waals surface area contributed by atoms with E-state index in [1.165, 1.54) is 18.4 Å². The maximum absolute atomic E-state index is 12.3. The van der Waals surface area contributed by atoms with Gasteiger partial charge < -0.3 is 9.47 Å². The number of hydrogen-bond acceptors (Lipinski definition) is 4. The highest BCUT2D eigenvalue weighted by atomic mass is 16.5. The van der Waals surface area contributed by atoms with Crippen molar-refractivity contribution in [1.29, 1.82) is 5.26 Å². The molecule has 1 fully saturated rings. The first-order chi connectivity index (χ1) is 13.7. The number of hydrogen-bond donors (Lipinski definition) is 0. The van der Waals surface area contributed by atoms with Crippen LogP contribution >= 0.6 is 0 Å². The Morgan fingerprint density at radius 3 is 2.36 bits per heavy atom. The molecule has 1 aliphatic rings. The molecule has 0 heterocycles. The summed E-state index contributed by atoms with van der Waals surface area (Å²) in [5.74, 6) is 1.25. The second-order valence-electron chi connectivity index (χ2n) is 7.14. The molecule has 144 valence electrons. The quantitative estimate of drug-likeness (QED) is 0.393. The number of benzene rings is 2. The first-order valence-corrected chi connectivity index (χ1v) is 9.67. The lowest BCUT2D eigenvalue weighted by molar-refractivity contribution is 0.0734. The number of nitriles is 1. The minimum Gasteiger partial charge on any atom is -0.423 e. The summed E-state index contributed by atoms with van der Waals surface area (Å²) in [5.41, 5.74) is 2.35. The third-order valence-electron chi connectivity index (χ3n) is 5.25. The second-order valence-corrected chi connectivity index (χ2v) is 7.14. The first kappa shape index (κ1) is 19.9. The molecule has 0 unspecified atom stereocenters. The third-order valence-corrected chi connectivity index (χ3v) is 5.25. The van der Waals surface area contributed by atoms with Gasteiger partial charge in [-0.25, -0.2) is 4.79 Å². The van der Waals surface area contributed by atoms with Gasteiger partial charge in [0.1, 0.15) is 5.75 Å². The van der Waals surface area contributed by atoms with Gasteiger partial charge in [-0.15, -0.1) is 0 Å². The predicted molar refractivity (Wildman–Crippen MR) is 108 cm³/mol. The number of allylic oxidation sites excluding steroid dienone is 1. The zero-order valence-electron chi connectivity index (χ0n) is 16.1. The standard InChI is InChI=1S/C24H25NO3/c1-27-16-2-3-18-4-8-20(9-5-18)21-10-12-22(13-11-21)24(26)28-23-14-6-19(17-25)7-15-23/h2-3,6-7,10-15,18,20H,4-5,8-9,16H2,1H3/t18-,20-. The van der Waals surface area contributed by atoms with E-state index in [2.05, 4.69) is 12.2 Å². The van der Waals surface area contributed by atoms with Gasteiger partial charge in [0.05, 0.1) is 23.8 Å². The van der Waals surface area contributed by atoms with Gasteiger partial charge in [-0.2, -0.15) is 5.26 Å². The average Bonchev–Trinajstić information content (AvgIpc) is 2.75. The van der Waals surface area contributed by atoms with Crippen LogP contribution in [-0.2, 0) is 4.74 Å². The van der Waals surface area contributed by atoms with Crippen LogP contribution in [-0.4, -0.2) is 19.7 Å². The number of carbonyl (C=O) groups excluding carboxylic acids is 1. The van der Waals surface area contributed by atoms with Crippen LogP contribution in [0.3, 0.4) is 0 Å². The van der Waals surface area contributed by atoms with E-state index in [0.29, 0.717) is 35.3 Å². The van der Waals surface area contributed by atoms with Crippen molar-refractivity contribution in [1.82, 2.24) is 0 Å². The summed E-state index contributed by atoms with van der Waals surface area (Å²) in [6.07, 6.45) is 9.09. The molecule has 0 atom stereocenters. The van der Waals surface area contributed by atoms with Crippen molar-refractivity contribution in [2.45, 2.75) is 31.6 Å². The first-order valence-electron chi connectivity index (χ1n) is 9.67. The fourth-order valence-corrected chi connectivity index (χ4v) is 3.64. The number of carbonyl (C=O) groups is 1. The molecule has 1 aliphatic carbocycles. The van der Waals surface area contributed by atoms with Crippen molar-refractivity contribution in [3.63, 3.8) is 0 Å². The van der Waals surface area contributed by atoms with E-state index < -0.39 is 0 Å². The lowest BCUT2D eigenvalue weighted by atomic mass is 9.78. The van der Waals surface area contributed by atoms with E-state index in [4.69, 9.17) is 14.7 Å². The maximum Gasteiger partial charge on any atom is 0.343 e. The fraction of sp³-hybridized carbons (Fsp3) is 0.333. The molecule has 4 nitrogen and oxygen atoms in total. The highest BCUT2D eigenvalue weighted by molar-refractivity contribution is 5.91. The molecule has 0 saturated heterocycles. The zero-order valence-corrected chi connectivity index (χ0v) is 16.1. The van der Waals surface area contributed by atoms with Crippen molar-refractivity contribution in [3.05, 3.63) is 77.4 Å². The molecule has 0 spiro atoms. The molecular formula is C24H25NO3. The van der Waals surface area contributed by atoms with Gasteiger partial charge in [0.2, 0.25) is 0 Å². The Morgan fingerprint density at radius 1 is 1.07 bits per heavy atom. The summed E-state index contributed by atoms with van der Waals surface area (Å²) in [4.78, 5) is 12.3. The smallest absolute Gasteiger partial charge is 0.343 e. The van der Waals surface area contributed by atoms with Crippen LogP contribution < -0.4 is 4.74 Å². The molecule has 1 saturated carbocycles.